The van der Waals surface area contributed by atoms with Gasteiger partial charge in [-0.15, -0.1) is 4.83 Å². The summed E-state index contributed by atoms with van der Waals surface area (Å²) in [4.78, 5) is 2.36. The quantitative estimate of drug-likeness (QED) is 0.701. The minimum atomic E-state index is -3.76. The Labute approximate surface area is 144 Å². The van der Waals surface area contributed by atoms with Crippen LogP contribution in [0, 0.1) is 0 Å². The maximum Gasteiger partial charge on any atom is 0.257 e. The van der Waals surface area contributed by atoms with Crippen molar-refractivity contribution in [1.82, 2.24) is 10.3 Å². The van der Waals surface area contributed by atoms with Gasteiger partial charge in [0.25, 0.3) is 10.0 Å². The van der Waals surface area contributed by atoms with Gasteiger partial charge in [0.2, 0.25) is 0 Å². The fourth-order valence-electron chi connectivity index (χ4n) is 1.85. The Morgan fingerprint density at radius 2 is 1.83 bits per heavy atom. The Kier molecular flexibility index (Phi) is 5.54. The number of hydrogen-bond donors (Lipinski definition) is 3. The lowest BCUT2D eigenvalue weighted by Crippen LogP contribution is -2.36. The van der Waals surface area contributed by atoms with Crippen LogP contribution in [0.15, 0.2) is 53.4 Å². The fraction of sp³-hybridized carbons (Fsp3) is 0.0667. The summed E-state index contributed by atoms with van der Waals surface area (Å²) in [6.07, 6.45) is 1.58. The Morgan fingerprint density at radius 1 is 1.17 bits per heavy atom. The molecular weight excluding hydrogens is 359 g/mol. The number of benzene rings is 2. The van der Waals surface area contributed by atoms with Crippen LogP contribution in [-0.4, -0.2) is 13.5 Å². The van der Waals surface area contributed by atoms with E-state index in [1.807, 2.05) is 0 Å². The molecule has 0 aromatic heterocycles. The second kappa shape index (κ2) is 7.23. The van der Waals surface area contributed by atoms with E-state index in [2.05, 4.69) is 10.3 Å². The molecule has 122 valence electrons. The van der Waals surface area contributed by atoms with Gasteiger partial charge in [0.15, 0.2) is 0 Å². The van der Waals surface area contributed by atoms with Crippen molar-refractivity contribution in [3.63, 3.8) is 0 Å². The largest absolute Gasteiger partial charge is 0.506 e. The highest BCUT2D eigenvalue weighted by Crippen LogP contribution is 2.34. The van der Waals surface area contributed by atoms with Gasteiger partial charge in [0.05, 0.1) is 15.6 Å². The maximum atomic E-state index is 12.2. The molecule has 0 fully saturated rings. The lowest BCUT2D eigenvalue weighted by atomic mass is 10.1. The molecule has 0 spiro atoms. The maximum absolute atomic E-state index is 12.2. The van der Waals surface area contributed by atoms with Crippen LogP contribution >= 0.6 is 23.2 Å². The van der Waals surface area contributed by atoms with Crippen LogP contribution in [0.3, 0.4) is 0 Å². The number of hydrazine groups is 1. The highest BCUT2D eigenvalue weighted by molar-refractivity contribution is 7.89. The predicted octanol–water partition coefficient (Wildman–Crippen LogP) is 3.54. The first kappa shape index (κ1) is 17.6. The van der Waals surface area contributed by atoms with Crippen LogP contribution in [0.2, 0.25) is 10.0 Å². The zero-order valence-corrected chi connectivity index (χ0v) is 14.4. The second-order valence-corrected chi connectivity index (χ2v) is 7.06. The number of phenolic OH excluding ortho intramolecular Hbond substituents is 1. The number of hydrogen-bond acceptors (Lipinski definition) is 4. The SMILES string of the molecule is C/C=C(\NNS(=O)(=O)c1ccccc1)c1cc(Cl)cc(Cl)c1O. The van der Waals surface area contributed by atoms with Crippen LogP contribution in [0.25, 0.3) is 5.70 Å². The van der Waals surface area contributed by atoms with Crippen LogP contribution < -0.4 is 10.3 Å². The molecule has 0 aliphatic heterocycles. The molecule has 0 aliphatic rings. The first-order valence-electron chi connectivity index (χ1n) is 6.52. The zero-order valence-electron chi connectivity index (χ0n) is 12.0. The molecular formula is C15H14Cl2N2O3S. The van der Waals surface area contributed by atoms with Crippen molar-refractivity contribution in [2.45, 2.75) is 11.8 Å². The average molecular weight is 373 g/mol. The van der Waals surface area contributed by atoms with Crippen LogP contribution in [-0.2, 0) is 10.0 Å². The number of nitrogens with one attached hydrogen (secondary N) is 2. The fourth-order valence-corrected chi connectivity index (χ4v) is 3.22. The van der Waals surface area contributed by atoms with Crippen molar-refractivity contribution in [1.29, 1.82) is 0 Å². The average Bonchev–Trinajstić information content (AvgIpc) is 2.53. The minimum absolute atomic E-state index is 0.0690. The number of halogens is 2. The predicted molar refractivity (Wildman–Crippen MR) is 91.7 cm³/mol. The molecule has 3 N–H and O–H groups in total. The van der Waals surface area contributed by atoms with Gasteiger partial charge < -0.3 is 10.5 Å². The van der Waals surface area contributed by atoms with Gasteiger partial charge >= 0.3 is 0 Å². The van der Waals surface area contributed by atoms with Crippen molar-refractivity contribution in [2.24, 2.45) is 0 Å². The minimum Gasteiger partial charge on any atom is -0.506 e. The van der Waals surface area contributed by atoms with Gasteiger partial charge in [-0.3, -0.25) is 0 Å². The molecule has 5 nitrogen and oxygen atoms in total. The molecule has 0 aliphatic carbocycles. The van der Waals surface area contributed by atoms with E-state index in [9.17, 15) is 13.5 Å². The van der Waals surface area contributed by atoms with Crippen LogP contribution in [0.1, 0.15) is 12.5 Å². The number of aromatic hydroxyl groups is 1. The second-order valence-electron chi connectivity index (χ2n) is 4.53. The van der Waals surface area contributed by atoms with Crippen molar-refractivity contribution >= 4 is 38.9 Å². The van der Waals surface area contributed by atoms with Gasteiger partial charge in [0, 0.05) is 10.6 Å². The topological polar surface area (TPSA) is 78.4 Å². The smallest absolute Gasteiger partial charge is 0.257 e. The molecule has 0 unspecified atom stereocenters. The Morgan fingerprint density at radius 3 is 2.43 bits per heavy atom. The van der Waals surface area contributed by atoms with Crippen LogP contribution in [0.4, 0.5) is 0 Å². The molecule has 8 heteroatoms. The zero-order chi connectivity index (χ0) is 17.0. The van der Waals surface area contributed by atoms with E-state index >= 15 is 0 Å². The Balaban J connectivity index is 2.26. The molecule has 0 saturated carbocycles. The summed E-state index contributed by atoms with van der Waals surface area (Å²) < 4.78 is 24.4. The normalized spacial score (nSPS) is 12.2. The summed E-state index contributed by atoms with van der Waals surface area (Å²) >= 11 is 11.8. The molecule has 0 saturated heterocycles. The summed E-state index contributed by atoms with van der Waals surface area (Å²) in [6, 6.07) is 10.8. The first-order chi connectivity index (χ1) is 10.8. The molecule has 2 rings (SSSR count). The molecule has 0 atom stereocenters. The van der Waals surface area contributed by atoms with Gasteiger partial charge in [-0.25, -0.2) is 8.42 Å². The molecule has 0 amide bonds. The monoisotopic (exact) mass is 372 g/mol. The van der Waals surface area contributed by atoms with Crippen LogP contribution in [0.5, 0.6) is 5.75 Å². The van der Waals surface area contributed by atoms with Gasteiger partial charge in [-0.1, -0.05) is 47.5 Å². The van der Waals surface area contributed by atoms with E-state index in [-0.39, 0.29) is 21.2 Å². The summed E-state index contributed by atoms with van der Waals surface area (Å²) in [7, 11) is -3.76. The van der Waals surface area contributed by atoms with Gasteiger partial charge in [-0.2, -0.15) is 0 Å². The van der Waals surface area contributed by atoms with Crippen molar-refractivity contribution < 1.29 is 13.5 Å². The Bertz CT molecular complexity index is 837. The number of sulfonamides is 1. The third kappa shape index (κ3) is 4.17. The standard InChI is InChI=1S/C15H14Cl2N2O3S/c1-2-14(12-8-10(16)9-13(17)15(12)20)18-19-23(21,22)11-6-4-3-5-7-11/h2-9,18-20H,1H3/b14-2-. The number of rotatable bonds is 5. The molecule has 0 bridgehead atoms. The lowest BCUT2D eigenvalue weighted by Gasteiger charge is -2.15. The van der Waals surface area contributed by atoms with Crippen molar-refractivity contribution in [2.75, 3.05) is 0 Å². The van der Waals surface area contributed by atoms with E-state index in [4.69, 9.17) is 23.2 Å². The number of phenols is 1. The van der Waals surface area contributed by atoms with E-state index in [1.165, 1.54) is 24.3 Å². The third-order valence-electron chi connectivity index (χ3n) is 2.98. The van der Waals surface area contributed by atoms with Crippen molar-refractivity contribution in [3.05, 3.63) is 64.1 Å². The summed E-state index contributed by atoms with van der Waals surface area (Å²) in [5.41, 5.74) is 3.16. The number of allylic oxidation sites excluding steroid dienone is 1. The van der Waals surface area contributed by atoms with E-state index < -0.39 is 10.0 Å². The lowest BCUT2D eigenvalue weighted by molar-refractivity contribution is 0.473. The summed E-state index contributed by atoms with van der Waals surface area (Å²) in [5, 5.41) is 10.4. The Hall–Kier alpha value is -1.73. The first-order valence-corrected chi connectivity index (χ1v) is 8.76. The molecule has 0 radical (unpaired) electrons. The van der Waals surface area contributed by atoms with E-state index in [1.54, 1.807) is 31.2 Å². The van der Waals surface area contributed by atoms with E-state index in [0.717, 1.165) is 0 Å². The molecule has 2 aromatic rings. The molecule has 2 aromatic carbocycles. The van der Waals surface area contributed by atoms with Gasteiger partial charge in [-0.05, 0) is 31.2 Å². The highest BCUT2D eigenvalue weighted by atomic mass is 35.5. The van der Waals surface area contributed by atoms with Gasteiger partial charge in [0.1, 0.15) is 5.75 Å². The summed E-state index contributed by atoms with van der Waals surface area (Å²) in [5.74, 6) is -0.199. The molecule has 23 heavy (non-hydrogen) atoms. The summed E-state index contributed by atoms with van der Waals surface area (Å²) in [6.45, 7) is 1.67. The highest BCUT2D eigenvalue weighted by Gasteiger charge is 2.16. The third-order valence-corrected chi connectivity index (χ3v) is 4.75. The molecule has 0 heterocycles. The van der Waals surface area contributed by atoms with E-state index in [0.29, 0.717) is 10.7 Å². The van der Waals surface area contributed by atoms with Crippen molar-refractivity contribution in [3.8, 4) is 5.75 Å².